The van der Waals surface area contributed by atoms with E-state index >= 15 is 0 Å². The molecule has 0 aromatic carbocycles. The molecule has 88 valence electrons. The van der Waals surface area contributed by atoms with Gasteiger partial charge in [0.05, 0.1) is 30.3 Å². The fourth-order valence-electron chi connectivity index (χ4n) is 2.07. The molecule has 0 aromatic heterocycles. The van der Waals surface area contributed by atoms with Crippen LogP contribution in [0.15, 0.2) is 0 Å². The number of aliphatic hydroxyl groups is 1. The van der Waals surface area contributed by atoms with Crippen LogP contribution in [0.3, 0.4) is 0 Å². The molecule has 2 fully saturated rings. The number of hydrogen-bond donors (Lipinski definition) is 2. The lowest BCUT2D eigenvalue weighted by atomic mass is 10.1. The van der Waals surface area contributed by atoms with Crippen molar-refractivity contribution in [2.24, 2.45) is 5.92 Å². The minimum absolute atomic E-state index is 0.0334. The Morgan fingerprint density at radius 1 is 1.40 bits per heavy atom. The minimum atomic E-state index is -3.08. The molecule has 0 spiro atoms. The lowest BCUT2D eigenvalue weighted by Gasteiger charge is -2.16. The highest BCUT2D eigenvalue weighted by Gasteiger charge is 2.37. The third kappa shape index (κ3) is 2.90. The van der Waals surface area contributed by atoms with E-state index in [1.54, 1.807) is 0 Å². The lowest BCUT2D eigenvalue weighted by Crippen LogP contribution is -2.29. The zero-order valence-corrected chi connectivity index (χ0v) is 9.37. The molecule has 2 heterocycles. The van der Waals surface area contributed by atoms with Crippen LogP contribution in [0, 0.1) is 5.92 Å². The number of hydrogen-bond acceptors (Lipinski definition) is 5. The first-order valence-electron chi connectivity index (χ1n) is 5.27. The topological polar surface area (TPSA) is 75.6 Å². The van der Waals surface area contributed by atoms with Gasteiger partial charge in [-0.25, -0.2) is 8.42 Å². The van der Waals surface area contributed by atoms with Crippen molar-refractivity contribution in [1.82, 2.24) is 5.32 Å². The van der Waals surface area contributed by atoms with Gasteiger partial charge in [0.1, 0.15) is 0 Å². The summed E-state index contributed by atoms with van der Waals surface area (Å²) in [5.41, 5.74) is 0. The molecule has 2 rings (SSSR count). The van der Waals surface area contributed by atoms with Crippen molar-refractivity contribution in [3.05, 3.63) is 0 Å². The molecule has 2 aliphatic rings. The molecule has 3 unspecified atom stereocenters. The van der Waals surface area contributed by atoms with Crippen LogP contribution in [0.5, 0.6) is 0 Å². The van der Waals surface area contributed by atoms with Crippen molar-refractivity contribution in [2.75, 3.05) is 31.2 Å². The molecule has 2 aliphatic heterocycles. The molecule has 0 radical (unpaired) electrons. The molecule has 3 atom stereocenters. The normalized spacial score (nSPS) is 39.7. The van der Waals surface area contributed by atoms with E-state index in [0.29, 0.717) is 12.5 Å². The second kappa shape index (κ2) is 4.37. The zero-order chi connectivity index (χ0) is 10.9. The standard InChI is InChI=1S/C9H17NO4S/c11-8-5-15(12,13)6-9(8)14-4-7-1-2-10-3-7/h7-11H,1-6H2. The van der Waals surface area contributed by atoms with Gasteiger partial charge < -0.3 is 15.2 Å². The zero-order valence-electron chi connectivity index (χ0n) is 8.55. The summed E-state index contributed by atoms with van der Waals surface area (Å²) in [4.78, 5) is 0. The molecule has 5 nitrogen and oxygen atoms in total. The Bertz CT molecular complexity index is 310. The van der Waals surface area contributed by atoms with E-state index in [9.17, 15) is 13.5 Å². The number of rotatable bonds is 3. The summed E-state index contributed by atoms with van der Waals surface area (Å²) in [5, 5.41) is 12.7. The Morgan fingerprint density at radius 2 is 2.20 bits per heavy atom. The van der Waals surface area contributed by atoms with Crippen LogP contribution in [0.1, 0.15) is 6.42 Å². The van der Waals surface area contributed by atoms with Crippen LogP contribution in [0.4, 0.5) is 0 Å². The lowest BCUT2D eigenvalue weighted by molar-refractivity contribution is -0.0197. The van der Waals surface area contributed by atoms with Gasteiger partial charge in [0, 0.05) is 6.54 Å². The summed E-state index contributed by atoms with van der Waals surface area (Å²) in [6, 6.07) is 0. The summed E-state index contributed by atoms with van der Waals surface area (Å²) in [6.07, 6.45) is -0.296. The Morgan fingerprint density at radius 3 is 2.73 bits per heavy atom. The largest absolute Gasteiger partial charge is 0.389 e. The number of ether oxygens (including phenoxy) is 1. The quantitative estimate of drug-likeness (QED) is 0.640. The van der Waals surface area contributed by atoms with Gasteiger partial charge in [-0.05, 0) is 18.9 Å². The summed E-state index contributed by atoms with van der Waals surface area (Å²) in [5.74, 6) is 0.273. The number of nitrogens with one attached hydrogen (secondary N) is 1. The summed E-state index contributed by atoms with van der Waals surface area (Å²) < 4.78 is 27.9. The predicted octanol–water partition coefficient (Wildman–Crippen LogP) is -1.23. The van der Waals surface area contributed by atoms with Crippen LogP contribution in [-0.4, -0.2) is 56.9 Å². The van der Waals surface area contributed by atoms with Crippen molar-refractivity contribution in [3.63, 3.8) is 0 Å². The highest BCUT2D eigenvalue weighted by atomic mass is 32.2. The van der Waals surface area contributed by atoms with Crippen LogP contribution >= 0.6 is 0 Å². The Labute approximate surface area is 89.7 Å². The summed E-state index contributed by atoms with van der Waals surface area (Å²) in [6.45, 7) is 2.47. The monoisotopic (exact) mass is 235 g/mol. The van der Waals surface area contributed by atoms with Crippen molar-refractivity contribution in [1.29, 1.82) is 0 Å². The maximum atomic E-state index is 11.2. The van der Waals surface area contributed by atoms with Gasteiger partial charge in [-0.2, -0.15) is 0 Å². The highest BCUT2D eigenvalue weighted by molar-refractivity contribution is 7.91. The SMILES string of the molecule is O=S1(=O)CC(O)C(OCC2CCNC2)C1. The van der Waals surface area contributed by atoms with Gasteiger partial charge in [-0.15, -0.1) is 0 Å². The third-order valence-corrected chi connectivity index (χ3v) is 4.67. The Kier molecular flexibility index (Phi) is 3.30. The maximum absolute atomic E-state index is 11.2. The smallest absolute Gasteiger partial charge is 0.155 e. The molecule has 0 bridgehead atoms. The average molecular weight is 235 g/mol. The molecule has 2 N–H and O–H groups in total. The first-order valence-corrected chi connectivity index (χ1v) is 7.10. The molecular weight excluding hydrogens is 218 g/mol. The molecule has 6 heteroatoms. The molecule has 15 heavy (non-hydrogen) atoms. The second-order valence-corrected chi connectivity index (χ2v) is 6.53. The molecule has 0 aliphatic carbocycles. The van der Waals surface area contributed by atoms with Gasteiger partial charge in [-0.3, -0.25) is 0 Å². The summed E-state index contributed by atoms with van der Waals surface area (Å²) >= 11 is 0. The van der Waals surface area contributed by atoms with Crippen molar-refractivity contribution >= 4 is 9.84 Å². The molecule has 0 aromatic rings. The van der Waals surface area contributed by atoms with Gasteiger partial charge in [0.15, 0.2) is 9.84 Å². The van der Waals surface area contributed by atoms with E-state index in [-0.39, 0.29) is 11.5 Å². The van der Waals surface area contributed by atoms with E-state index in [0.717, 1.165) is 19.5 Å². The fourth-order valence-corrected chi connectivity index (χ4v) is 3.76. The van der Waals surface area contributed by atoms with Crippen LogP contribution in [0.2, 0.25) is 0 Å². The van der Waals surface area contributed by atoms with Crippen LogP contribution in [-0.2, 0) is 14.6 Å². The van der Waals surface area contributed by atoms with E-state index in [4.69, 9.17) is 4.74 Å². The molecule has 0 amide bonds. The Hall–Kier alpha value is -0.170. The Balaban J connectivity index is 1.79. The van der Waals surface area contributed by atoms with Crippen molar-refractivity contribution in [2.45, 2.75) is 18.6 Å². The average Bonchev–Trinajstić information content (AvgIpc) is 2.70. The number of aliphatic hydroxyl groups excluding tert-OH is 1. The summed E-state index contributed by atoms with van der Waals surface area (Å²) in [7, 11) is -3.08. The van der Waals surface area contributed by atoms with Gasteiger partial charge in [-0.1, -0.05) is 0 Å². The minimum Gasteiger partial charge on any atom is -0.389 e. The van der Waals surface area contributed by atoms with E-state index < -0.39 is 22.0 Å². The third-order valence-electron chi connectivity index (χ3n) is 2.98. The maximum Gasteiger partial charge on any atom is 0.155 e. The van der Waals surface area contributed by atoms with Crippen LogP contribution in [0.25, 0.3) is 0 Å². The number of sulfone groups is 1. The predicted molar refractivity (Wildman–Crippen MR) is 55.4 cm³/mol. The van der Waals surface area contributed by atoms with Crippen LogP contribution < -0.4 is 5.32 Å². The first kappa shape index (κ1) is 11.3. The van der Waals surface area contributed by atoms with E-state index in [1.807, 2.05) is 0 Å². The molecule has 0 saturated carbocycles. The second-order valence-electron chi connectivity index (χ2n) is 4.37. The van der Waals surface area contributed by atoms with E-state index in [2.05, 4.69) is 5.32 Å². The van der Waals surface area contributed by atoms with Gasteiger partial charge in [0.2, 0.25) is 0 Å². The van der Waals surface area contributed by atoms with Gasteiger partial charge >= 0.3 is 0 Å². The molecular formula is C9H17NO4S. The van der Waals surface area contributed by atoms with Crippen molar-refractivity contribution in [3.8, 4) is 0 Å². The highest BCUT2D eigenvalue weighted by Crippen LogP contribution is 2.18. The van der Waals surface area contributed by atoms with Gasteiger partial charge in [0.25, 0.3) is 0 Å². The first-order chi connectivity index (χ1) is 7.07. The van der Waals surface area contributed by atoms with Crippen molar-refractivity contribution < 1.29 is 18.3 Å². The van der Waals surface area contributed by atoms with E-state index in [1.165, 1.54) is 0 Å². The molecule has 2 saturated heterocycles. The fraction of sp³-hybridized carbons (Fsp3) is 1.00.